The van der Waals surface area contributed by atoms with Crippen molar-refractivity contribution in [3.05, 3.63) is 58.6 Å². The zero-order valence-corrected chi connectivity index (χ0v) is 16.9. The van der Waals surface area contributed by atoms with Crippen molar-refractivity contribution >= 4 is 17.5 Å². The molecule has 0 spiro atoms. The van der Waals surface area contributed by atoms with Gasteiger partial charge in [0.2, 0.25) is 0 Å². The standard InChI is InChI=1S/C21H23ClF2N2O3/c1-2-28-19-13-16(5-8-18(19)29-21(23)24)20(27)26-11-9-25(10-12-26)14-15-3-6-17(22)7-4-15/h3-8,13,21H,2,9-12,14H2,1H3. The van der Waals surface area contributed by atoms with Gasteiger partial charge < -0.3 is 14.4 Å². The summed E-state index contributed by atoms with van der Waals surface area (Å²) in [4.78, 5) is 16.9. The van der Waals surface area contributed by atoms with Crippen molar-refractivity contribution in [2.75, 3.05) is 32.8 Å². The van der Waals surface area contributed by atoms with E-state index in [-0.39, 0.29) is 24.0 Å². The summed E-state index contributed by atoms with van der Waals surface area (Å²) >= 11 is 5.92. The monoisotopic (exact) mass is 424 g/mol. The van der Waals surface area contributed by atoms with E-state index < -0.39 is 6.61 Å². The molecule has 1 fully saturated rings. The predicted molar refractivity (Wildman–Crippen MR) is 107 cm³/mol. The Morgan fingerprint density at radius 2 is 1.76 bits per heavy atom. The number of carbonyl (C=O) groups is 1. The molecule has 1 aliphatic heterocycles. The topological polar surface area (TPSA) is 42.0 Å². The van der Waals surface area contributed by atoms with E-state index in [0.29, 0.717) is 23.7 Å². The maximum atomic E-state index is 12.8. The highest BCUT2D eigenvalue weighted by Gasteiger charge is 2.23. The number of piperazine rings is 1. The summed E-state index contributed by atoms with van der Waals surface area (Å²) in [5, 5.41) is 0.709. The van der Waals surface area contributed by atoms with E-state index in [0.717, 1.165) is 19.6 Å². The van der Waals surface area contributed by atoms with E-state index in [2.05, 4.69) is 9.64 Å². The number of rotatable bonds is 7. The molecule has 0 radical (unpaired) electrons. The third-order valence-electron chi connectivity index (χ3n) is 4.69. The molecule has 0 atom stereocenters. The molecule has 1 aliphatic rings. The van der Waals surface area contributed by atoms with E-state index in [1.807, 2.05) is 24.3 Å². The second-order valence-corrected chi connectivity index (χ2v) is 7.10. The Kier molecular flexibility index (Phi) is 7.28. The van der Waals surface area contributed by atoms with Crippen molar-refractivity contribution in [1.29, 1.82) is 0 Å². The molecule has 29 heavy (non-hydrogen) atoms. The van der Waals surface area contributed by atoms with Crippen LogP contribution >= 0.6 is 11.6 Å². The molecule has 0 bridgehead atoms. The van der Waals surface area contributed by atoms with Gasteiger partial charge in [0.15, 0.2) is 11.5 Å². The highest BCUT2D eigenvalue weighted by atomic mass is 35.5. The van der Waals surface area contributed by atoms with Crippen molar-refractivity contribution in [2.24, 2.45) is 0 Å². The van der Waals surface area contributed by atoms with E-state index in [1.165, 1.54) is 23.8 Å². The number of nitrogens with zero attached hydrogens (tertiary/aromatic N) is 2. The summed E-state index contributed by atoms with van der Waals surface area (Å²) < 4.78 is 34.9. The van der Waals surface area contributed by atoms with Crippen LogP contribution in [0.5, 0.6) is 11.5 Å². The van der Waals surface area contributed by atoms with Crippen LogP contribution in [0.15, 0.2) is 42.5 Å². The molecule has 1 heterocycles. The Labute approximate surface area is 173 Å². The minimum Gasteiger partial charge on any atom is -0.490 e. The second kappa shape index (κ2) is 9.89. The summed E-state index contributed by atoms with van der Waals surface area (Å²) in [5.74, 6) is -0.0908. The van der Waals surface area contributed by atoms with Gasteiger partial charge in [-0.1, -0.05) is 23.7 Å². The van der Waals surface area contributed by atoms with E-state index >= 15 is 0 Å². The lowest BCUT2D eigenvalue weighted by atomic mass is 10.1. The van der Waals surface area contributed by atoms with Gasteiger partial charge in [0.05, 0.1) is 6.61 Å². The molecule has 0 unspecified atom stereocenters. The zero-order chi connectivity index (χ0) is 20.8. The minimum absolute atomic E-state index is 0.0776. The largest absolute Gasteiger partial charge is 0.490 e. The molecule has 0 aromatic heterocycles. The Balaban J connectivity index is 1.61. The molecule has 5 nitrogen and oxygen atoms in total. The van der Waals surface area contributed by atoms with Crippen LogP contribution in [0.1, 0.15) is 22.8 Å². The molecular weight excluding hydrogens is 402 g/mol. The van der Waals surface area contributed by atoms with Gasteiger partial charge in [0, 0.05) is 43.3 Å². The Hall–Kier alpha value is -2.38. The van der Waals surface area contributed by atoms with Crippen LogP contribution in [0.25, 0.3) is 0 Å². The summed E-state index contributed by atoms with van der Waals surface area (Å²) in [6.45, 7) is 2.54. The lowest BCUT2D eigenvalue weighted by Crippen LogP contribution is -2.48. The first-order valence-electron chi connectivity index (χ1n) is 9.44. The number of hydrogen-bond acceptors (Lipinski definition) is 4. The molecule has 0 N–H and O–H groups in total. The number of alkyl halides is 2. The summed E-state index contributed by atoms with van der Waals surface area (Å²) in [5.41, 5.74) is 1.56. The average molecular weight is 425 g/mol. The fourth-order valence-corrected chi connectivity index (χ4v) is 3.37. The van der Waals surface area contributed by atoms with Gasteiger partial charge in [-0.15, -0.1) is 0 Å². The lowest BCUT2D eigenvalue weighted by Gasteiger charge is -2.35. The lowest BCUT2D eigenvalue weighted by molar-refractivity contribution is -0.0514. The summed E-state index contributed by atoms with van der Waals surface area (Å²) in [7, 11) is 0. The van der Waals surface area contributed by atoms with Crippen LogP contribution in [-0.4, -0.2) is 55.1 Å². The molecule has 2 aromatic carbocycles. The summed E-state index contributed by atoms with van der Waals surface area (Å²) in [6, 6.07) is 12.0. The van der Waals surface area contributed by atoms with E-state index in [4.69, 9.17) is 16.3 Å². The highest BCUT2D eigenvalue weighted by molar-refractivity contribution is 6.30. The SMILES string of the molecule is CCOc1cc(C(=O)N2CCN(Cc3ccc(Cl)cc3)CC2)ccc1OC(F)F. The quantitative estimate of drug-likeness (QED) is 0.664. The third-order valence-corrected chi connectivity index (χ3v) is 4.94. The van der Waals surface area contributed by atoms with Crippen LogP contribution in [0, 0.1) is 0 Å². The number of hydrogen-bond donors (Lipinski definition) is 0. The highest BCUT2D eigenvalue weighted by Crippen LogP contribution is 2.30. The number of ether oxygens (including phenoxy) is 2. The van der Waals surface area contributed by atoms with Gasteiger partial charge in [-0.05, 0) is 42.8 Å². The molecule has 1 amide bonds. The second-order valence-electron chi connectivity index (χ2n) is 6.67. The van der Waals surface area contributed by atoms with E-state index in [1.54, 1.807) is 11.8 Å². The van der Waals surface area contributed by atoms with Crippen LogP contribution in [0.4, 0.5) is 8.78 Å². The molecule has 3 rings (SSSR count). The van der Waals surface area contributed by atoms with Crippen molar-refractivity contribution in [1.82, 2.24) is 9.80 Å². The number of amides is 1. The van der Waals surface area contributed by atoms with Gasteiger partial charge in [-0.2, -0.15) is 8.78 Å². The molecule has 0 aliphatic carbocycles. The molecule has 156 valence electrons. The number of carbonyl (C=O) groups excluding carboxylic acids is 1. The van der Waals surface area contributed by atoms with E-state index in [9.17, 15) is 13.6 Å². The van der Waals surface area contributed by atoms with Gasteiger partial charge in [-0.25, -0.2) is 0 Å². The minimum atomic E-state index is -2.95. The Bertz CT molecular complexity index is 825. The predicted octanol–water partition coefficient (Wildman–Crippen LogP) is 4.30. The first-order chi connectivity index (χ1) is 14.0. The average Bonchev–Trinajstić information content (AvgIpc) is 2.71. The van der Waals surface area contributed by atoms with Crippen LogP contribution < -0.4 is 9.47 Å². The van der Waals surface area contributed by atoms with Crippen molar-refractivity contribution in [3.63, 3.8) is 0 Å². The van der Waals surface area contributed by atoms with Crippen molar-refractivity contribution < 1.29 is 23.0 Å². The molecule has 8 heteroatoms. The molecular formula is C21H23ClF2N2O3. The molecule has 2 aromatic rings. The summed E-state index contributed by atoms with van der Waals surface area (Å²) in [6.07, 6.45) is 0. The zero-order valence-electron chi connectivity index (χ0n) is 16.1. The first-order valence-corrected chi connectivity index (χ1v) is 9.81. The fraction of sp³-hybridized carbons (Fsp3) is 0.381. The van der Waals surface area contributed by atoms with Crippen molar-refractivity contribution in [2.45, 2.75) is 20.1 Å². The number of benzene rings is 2. The number of halogens is 3. The van der Waals surface area contributed by atoms with Crippen LogP contribution in [0.2, 0.25) is 5.02 Å². The van der Waals surface area contributed by atoms with Crippen molar-refractivity contribution in [3.8, 4) is 11.5 Å². The van der Waals surface area contributed by atoms with Gasteiger partial charge >= 0.3 is 6.61 Å². The first kappa shape index (κ1) is 21.3. The fourth-order valence-electron chi connectivity index (χ4n) is 3.24. The van der Waals surface area contributed by atoms with Gasteiger partial charge in [0.1, 0.15) is 0 Å². The maximum Gasteiger partial charge on any atom is 0.387 e. The van der Waals surface area contributed by atoms with Gasteiger partial charge in [0.25, 0.3) is 5.91 Å². The smallest absolute Gasteiger partial charge is 0.387 e. The van der Waals surface area contributed by atoms with Crippen LogP contribution in [0.3, 0.4) is 0 Å². The maximum absolute atomic E-state index is 12.8. The normalized spacial score (nSPS) is 14.9. The van der Waals surface area contributed by atoms with Crippen LogP contribution in [-0.2, 0) is 6.54 Å². The Morgan fingerprint density at radius 3 is 2.38 bits per heavy atom. The van der Waals surface area contributed by atoms with Gasteiger partial charge in [-0.3, -0.25) is 9.69 Å². The molecule has 0 saturated carbocycles. The third kappa shape index (κ3) is 5.81. The Morgan fingerprint density at radius 1 is 1.07 bits per heavy atom. The molecule has 1 saturated heterocycles.